The summed E-state index contributed by atoms with van der Waals surface area (Å²) in [5.41, 5.74) is 0. The van der Waals surface area contributed by atoms with Crippen molar-refractivity contribution in [2.75, 3.05) is 6.54 Å². The second-order valence-corrected chi connectivity index (χ2v) is 8.97. The Kier molecular flexibility index (Phi) is 7.62. The Hall–Kier alpha value is -3.33. The van der Waals surface area contributed by atoms with E-state index in [-0.39, 0.29) is 30.9 Å². The van der Waals surface area contributed by atoms with Crippen LogP contribution in [0.25, 0.3) is 0 Å². The number of furan rings is 2. The van der Waals surface area contributed by atoms with Crippen molar-refractivity contribution >= 4 is 29.1 Å². The van der Waals surface area contributed by atoms with Gasteiger partial charge in [-0.15, -0.1) is 11.3 Å². The summed E-state index contributed by atoms with van der Waals surface area (Å²) in [7, 11) is 0. The van der Waals surface area contributed by atoms with E-state index in [1.54, 1.807) is 41.8 Å². The van der Waals surface area contributed by atoms with Crippen LogP contribution < -0.4 is 10.6 Å². The third-order valence-corrected chi connectivity index (χ3v) is 6.56. The minimum atomic E-state index is -0.988. The van der Waals surface area contributed by atoms with Crippen molar-refractivity contribution in [3.63, 3.8) is 0 Å². The van der Waals surface area contributed by atoms with E-state index in [0.29, 0.717) is 16.4 Å². The third-order valence-electron chi connectivity index (χ3n) is 5.70. The van der Waals surface area contributed by atoms with Gasteiger partial charge in [-0.05, 0) is 48.6 Å². The minimum absolute atomic E-state index is 0.0597. The Labute approximate surface area is 195 Å². The Morgan fingerprint density at radius 1 is 1.03 bits per heavy atom. The van der Waals surface area contributed by atoms with E-state index in [2.05, 4.69) is 10.6 Å². The van der Waals surface area contributed by atoms with Gasteiger partial charge in [0.2, 0.25) is 5.91 Å². The fraction of sp³-hybridized carbons (Fsp3) is 0.375. The van der Waals surface area contributed by atoms with E-state index in [4.69, 9.17) is 8.83 Å². The molecule has 3 aromatic rings. The SMILES string of the molecule is O=C(NCC(=O)N(Cc1ccco1)C(C(=O)NC1CCCCC1)c1ccco1)c1cccs1. The Bertz CT molecular complexity index is 1020. The lowest BCUT2D eigenvalue weighted by atomic mass is 9.95. The maximum absolute atomic E-state index is 13.4. The number of nitrogens with zero attached hydrogens (tertiary/aromatic N) is 1. The summed E-state index contributed by atoms with van der Waals surface area (Å²) in [6.07, 6.45) is 8.13. The highest BCUT2D eigenvalue weighted by atomic mass is 32.1. The normalized spacial score (nSPS) is 15.0. The number of thiophene rings is 1. The van der Waals surface area contributed by atoms with Gasteiger partial charge in [0.05, 0.1) is 30.5 Å². The van der Waals surface area contributed by atoms with Crippen molar-refractivity contribution in [1.82, 2.24) is 15.5 Å². The molecule has 4 rings (SSSR count). The molecule has 1 unspecified atom stereocenters. The second kappa shape index (κ2) is 11.0. The van der Waals surface area contributed by atoms with Gasteiger partial charge in [-0.1, -0.05) is 25.3 Å². The van der Waals surface area contributed by atoms with Crippen LogP contribution in [0.1, 0.15) is 59.3 Å². The molecule has 0 aromatic carbocycles. The first-order chi connectivity index (χ1) is 16.1. The van der Waals surface area contributed by atoms with Crippen molar-refractivity contribution in [2.24, 2.45) is 0 Å². The smallest absolute Gasteiger partial charge is 0.261 e. The van der Waals surface area contributed by atoms with E-state index in [0.717, 1.165) is 25.7 Å². The molecule has 9 heteroatoms. The van der Waals surface area contributed by atoms with Crippen molar-refractivity contribution in [2.45, 2.75) is 50.7 Å². The van der Waals surface area contributed by atoms with E-state index >= 15 is 0 Å². The minimum Gasteiger partial charge on any atom is -0.467 e. The molecule has 33 heavy (non-hydrogen) atoms. The number of carbonyl (C=O) groups excluding carboxylic acids is 3. The molecule has 0 spiro atoms. The summed E-state index contributed by atoms with van der Waals surface area (Å²) >= 11 is 1.29. The van der Waals surface area contributed by atoms with Crippen LogP contribution in [0.2, 0.25) is 0 Å². The van der Waals surface area contributed by atoms with E-state index < -0.39 is 11.9 Å². The van der Waals surface area contributed by atoms with Gasteiger partial charge in [0.15, 0.2) is 6.04 Å². The van der Waals surface area contributed by atoms with Crippen molar-refractivity contribution in [3.8, 4) is 0 Å². The molecule has 174 valence electrons. The molecule has 1 fully saturated rings. The number of rotatable bonds is 9. The van der Waals surface area contributed by atoms with Crippen LogP contribution in [0.5, 0.6) is 0 Å². The maximum Gasteiger partial charge on any atom is 0.261 e. The number of hydrogen-bond acceptors (Lipinski definition) is 6. The average Bonchev–Trinajstić information content (AvgIpc) is 3.61. The van der Waals surface area contributed by atoms with Crippen LogP contribution in [0, 0.1) is 0 Å². The highest BCUT2D eigenvalue weighted by Crippen LogP contribution is 2.26. The zero-order valence-electron chi connectivity index (χ0n) is 18.2. The van der Waals surface area contributed by atoms with Gasteiger partial charge in [0.1, 0.15) is 11.5 Å². The van der Waals surface area contributed by atoms with Crippen LogP contribution in [0.15, 0.2) is 63.1 Å². The molecule has 8 nitrogen and oxygen atoms in total. The van der Waals surface area contributed by atoms with Crippen LogP contribution >= 0.6 is 11.3 Å². The maximum atomic E-state index is 13.4. The average molecular weight is 470 g/mol. The lowest BCUT2D eigenvalue weighted by molar-refractivity contribution is -0.142. The van der Waals surface area contributed by atoms with Crippen LogP contribution in [-0.4, -0.2) is 35.2 Å². The van der Waals surface area contributed by atoms with Crippen molar-refractivity contribution < 1.29 is 23.2 Å². The molecule has 0 saturated heterocycles. The number of amides is 3. The predicted octanol–water partition coefficient (Wildman–Crippen LogP) is 3.88. The first kappa shape index (κ1) is 22.8. The zero-order chi connectivity index (χ0) is 23.0. The Morgan fingerprint density at radius 3 is 2.48 bits per heavy atom. The van der Waals surface area contributed by atoms with Gasteiger partial charge in [-0.2, -0.15) is 0 Å². The summed E-state index contributed by atoms with van der Waals surface area (Å²) < 4.78 is 11.0. The molecular formula is C24H27N3O5S. The van der Waals surface area contributed by atoms with E-state index in [1.165, 1.54) is 35.2 Å². The fourth-order valence-corrected chi connectivity index (χ4v) is 4.68. The van der Waals surface area contributed by atoms with Crippen LogP contribution in [-0.2, 0) is 16.1 Å². The number of hydrogen-bond donors (Lipinski definition) is 2. The zero-order valence-corrected chi connectivity index (χ0v) is 19.0. The first-order valence-corrected chi connectivity index (χ1v) is 12.0. The van der Waals surface area contributed by atoms with Crippen LogP contribution in [0.3, 0.4) is 0 Å². The number of nitrogens with one attached hydrogen (secondary N) is 2. The molecule has 1 saturated carbocycles. The molecule has 0 aliphatic heterocycles. The van der Waals surface area contributed by atoms with Crippen LogP contribution in [0.4, 0.5) is 0 Å². The van der Waals surface area contributed by atoms with E-state index in [1.807, 2.05) is 0 Å². The predicted molar refractivity (Wildman–Crippen MR) is 122 cm³/mol. The number of carbonyl (C=O) groups is 3. The fourth-order valence-electron chi connectivity index (χ4n) is 4.04. The standard InChI is InChI=1S/C24H27N3O5S/c28-21(15-25-23(29)20-11-6-14-33-20)27(16-18-9-4-12-31-18)22(19-10-5-13-32-19)24(30)26-17-7-2-1-3-8-17/h4-6,9-14,17,22H,1-3,7-8,15-16H2,(H,25,29)(H,26,30). The summed E-state index contributed by atoms with van der Waals surface area (Å²) in [6, 6.07) is 9.37. The lowest BCUT2D eigenvalue weighted by Crippen LogP contribution is -2.49. The molecule has 0 radical (unpaired) electrons. The van der Waals surface area contributed by atoms with Gasteiger partial charge in [-0.3, -0.25) is 14.4 Å². The van der Waals surface area contributed by atoms with Crippen molar-refractivity contribution in [1.29, 1.82) is 0 Å². The summed E-state index contributed by atoms with van der Waals surface area (Å²) in [5, 5.41) is 7.55. The first-order valence-electron chi connectivity index (χ1n) is 11.1. The molecule has 1 atom stereocenters. The molecule has 1 aliphatic rings. The molecule has 0 bridgehead atoms. The van der Waals surface area contributed by atoms with Gasteiger partial charge in [-0.25, -0.2) is 0 Å². The molecule has 3 amide bonds. The van der Waals surface area contributed by atoms with Gasteiger partial charge in [0.25, 0.3) is 11.8 Å². The summed E-state index contributed by atoms with van der Waals surface area (Å²) in [5.74, 6) is -0.182. The topological polar surface area (TPSA) is 105 Å². The second-order valence-electron chi connectivity index (χ2n) is 8.02. The Morgan fingerprint density at radius 2 is 1.82 bits per heavy atom. The molecular weight excluding hydrogens is 442 g/mol. The highest BCUT2D eigenvalue weighted by Gasteiger charge is 2.35. The highest BCUT2D eigenvalue weighted by molar-refractivity contribution is 7.12. The van der Waals surface area contributed by atoms with Gasteiger partial charge < -0.3 is 24.4 Å². The monoisotopic (exact) mass is 469 g/mol. The summed E-state index contributed by atoms with van der Waals surface area (Å²) in [6.45, 7) is -0.199. The largest absolute Gasteiger partial charge is 0.467 e. The quantitative estimate of drug-likeness (QED) is 0.495. The Balaban J connectivity index is 1.55. The van der Waals surface area contributed by atoms with Crippen molar-refractivity contribution in [3.05, 3.63) is 70.7 Å². The van der Waals surface area contributed by atoms with Gasteiger partial charge >= 0.3 is 0 Å². The molecule has 1 aliphatic carbocycles. The molecule has 3 aromatic heterocycles. The molecule has 3 heterocycles. The molecule has 2 N–H and O–H groups in total. The third kappa shape index (κ3) is 5.92. The summed E-state index contributed by atoms with van der Waals surface area (Å²) in [4.78, 5) is 41.0. The van der Waals surface area contributed by atoms with E-state index in [9.17, 15) is 14.4 Å². The lowest BCUT2D eigenvalue weighted by Gasteiger charge is -2.31. The van der Waals surface area contributed by atoms with Gasteiger partial charge in [0, 0.05) is 6.04 Å².